The Balaban J connectivity index is 4.04. The summed E-state index contributed by atoms with van der Waals surface area (Å²) in [6, 6.07) is 0. The summed E-state index contributed by atoms with van der Waals surface area (Å²) in [5, 5.41) is 8.33. The minimum Gasteiger partial charge on any atom is -0.478 e. The third-order valence-electron chi connectivity index (χ3n) is 1.21. The van der Waals surface area contributed by atoms with Crippen LogP contribution in [0, 0.1) is 5.92 Å². The van der Waals surface area contributed by atoms with E-state index in [1.165, 1.54) is 6.92 Å². The van der Waals surface area contributed by atoms with E-state index in [1.807, 2.05) is 13.8 Å². The maximum Gasteiger partial charge on any atom is 0.333 e. The van der Waals surface area contributed by atoms with Gasteiger partial charge in [-0.15, -0.1) is 0 Å². The summed E-state index contributed by atoms with van der Waals surface area (Å²) in [6.45, 7) is 5.54. The third kappa shape index (κ3) is 5.90. The minimum atomic E-state index is -1.14. The molecule has 4 nitrogen and oxygen atoms in total. The van der Waals surface area contributed by atoms with Gasteiger partial charge in [-0.2, -0.15) is 0 Å². The summed E-state index contributed by atoms with van der Waals surface area (Å²) in [5.74, 6) is -1.46. The first-order chi connectivity index (χ1) is 5.93. The second-order valence-electron chi connectivity index (χ2n) is 3.16. The smallest absolute Gasteiger partial charge is 0.333 e. The molecule has 0 radical (unpaired) electrons. The molecule has 0 aliphatic heterocycles. The zero-order valence-electron chi connectivity index (χ0n) is 8.03. The molecule has 0 amide bonds. The Bertz CT molecular complexity index is 228. The normalized spacial score (nSPS) is 11.5. The van der Waals surface area contributed by atoms with Crippen LogP contribution in [-0.2, 0) is 14.3 Å². The van der Waals surface area contributed by atoms with Crippen LogP contribution in [0.4, 0.5) is 0 Å². The van der Waals surface area contributed by atoms with E-state index in [9.17, 15) is 9.59 Å². The number of ether oxygens (including phenoxy) is 1. The highest BCUT2D eigenvalue weighted by Crippen LogP contribution is 1.99. The molecule has 0 spiro atoms. The van der Waals surface area contributed by atoms with Crippen LogP contribution >= 0.6 is 0 Å². The van der Waals surface area contributed by atoms with Gasteiger partial charge in [0.15, 0.2) is 0 Å². The fourth-order valence-electron chi connectivity index (χ4n) is 0.600. The lowest BCUT2D eigenvalue weighted by atomic mass is 10.2. The van der Waals surface area contributed by atoms with Crippen molar-refractivity contribution in [2.24, 2.45) is 5.92 Å². The number of rotatable bonds is 4. The van der Waals surface area contributed by atoms with Gasteiger partial charge in [0.25, 0.3) is 0 Å². The van der Waals surface area contributed by atoms with Gasteiger partial charge in [0.05, 0.1) is 6.61 Å². The van der Waals surface area contributed by atoms with E-state index in [1.54, 1.807) is 0 Å². The summed E-state index contributed by atoms with van der Waals surface area (Å²) < 4.78 is 4.80. The van der Waals surface area contributed by atoms with Gasteiger partial charge in [-0.25, -0.2) is 9.59 Å². The highest BCUT2D eigenvalue weighted by molar-refractivity contribution is 5.95. The van der Waals surface area contributed by atoms with Crippen LogP contribution in [0.5, 0.6) is 0 Å². The van der Waals surface area contributed by atoms with E-state index in [0.29, 0.717) is 6.61 Å². The van der Waals surface area contributed by atoms with Crippen LogP contribution in [0.15, 0.2) is 11.6 Å². The minimum absolute atomic E-state index is 0.105. The molecule has 0 saturated carbocycles. The van der Waals surface area contributed by atoms with Crippen molar-refractivity contribution < 1.29 is 19.4 Å². The molecule has 1 N–H and O–H groups in total. The summed E-state index contributed by atoms with van der Waals surface area (Å²) in [5.41, 5.74) is 0.105. The maximum atomic E-state index is 11.0. The fourth-order valence-corrected chi connectivity index (χ4v) is 0.600. The van der Waals surface area contributed by atoms with E-state index in [0.717, 1.165) is 6.08 Å². The molecule has 0 heterocycles. The van der Waals surface area contributed by atoms with Gasteiger partial charge in [-0.05, 0) is 12.8 Å². The van der Waals surface area contributed by atoms with E-state index < -0.39 is 11.9 Å². The molecule has 0 aromatic rings. The van der Waals surface area contributed by atoms with Gasteiger partial charge in [0.1, 0.15) is 0 Å². The number of carboxylic acid groups (broad SMARTS) is 1. The van der Waals surface area contributed by atoms with Gasteiger partial charge >= 0.3 is 11.9 Å². The van der Waals surface area contributed by atoms with E-state index in [2.05, 4.69) is 0 Å². The maximum absolute atomic E-state index is 11.0. The third-order valence-corrected chi connectivity index (χ3v) is 1.21. The van der Waals surface area contributed by atoms with Crippen molar-refractivity contribution in [3.05, 3.63) is 11.6 Å². The van der Waals surface area contributed by atoms with Crippen molar-refractivity contribution in [2.75, 3.05) is 6.61 Å². The molecule has 0 atom stereocenters. The molecular weight excluding hydrogens is 172 g/mol. The molecule has 13 heavy (non-hydrogen) atoms. The van der Waals surface area contributed by atoms with Crippen LogP contribution in [0.25, 0.3) is 0 Å². The van der Waals surface area contributed by atoms with Gasteiger partial charge in [0, 0.05) is 11.6 Å². The number of carbonyl (C=O) groups is 2. The molecule has 0 saturated heterocycles. The Labute approximate surface area is 77.2 Å². The van der Waals surface area contributed by atoms with Crippen molar-refractivity contribution in [3.63, 3.8) is 0 Å². The zero-order chi connectivity index (χ0) is 10.4. The Hall–Kier alpha value is -1.32. The molecule has 0 rings (SSSR count). The average molecular weight is 186 g/mol. The van der Waals surface area contributed by atoms with Gasteiger partial charge in [-0.1, -0.05) is 13.8 Å². The number of hydrogen-bond donors (Lipinski definition) is 1. The first-order valence-electron chi connectivity index (χ1n) is 4.01. The number of esters is 1. The lowest BCUT2D eigenvalue weighted by molar-refractivity contribution is -0.140. The lowest BCUT2D eigenvalue weighted by Gasteiger charge is -2.06. The summed E-state index contributed by atoms with van der Waals surface area (Å²) in [7, 11) is 0. The molecule has 74 valence electrons. The Morgan fingerprint density at radius 1 is 1.46 bits per heavy atom. The molecule has 0 aromatic carbocycles. The van der Waals surface area contributed by atoms with E-state index >= 15 is 0 Å². The number of carbonyl (C=O) groups excluding carboxylic acids is 1. The highest BCUT2D eigenvalue weighted by Gasteiger charge is 2.07. The van der Waals surface area contributed by atoms with Crippen LogP contribution in [-0.4, -0.2) is 23.7 Å². The highest BCUT2D eigenvalue weighted by atomic mass is 16.5. The van der Waals surface area contributed by atoms with Crippen molar-refractivity contribution in [1.82, 2.24) is 0 Å². The predicted octanol–water partition coefficient (Wildman–Crippen LogP) is 1.22. The Morgan fingerprint density at radius 2 is 2.00 bits per heavy atom. The quantitative estimate of drug-likeness (QED) is 0.529. The van der Waals surface area contributed by atoms with Crippen LogP contribution < -0.4 is 0 Å². The number of carboxylic acids is 1. The Morgan fingerprint density at radius 3 is 2.38 bits per heavy atom. The van der Waals surface area contributed by atoms with Crippen LogP contribution in [0.3, 0.4) is 0 Å². The molecule has 0 fully saturated rings. The number of aliphatic carboxylic acids is 1. The first-order valence-corrected chi connectivity index (χ1v) is 4.01. The van der Waals surface area contributed by atoms with Crippen molar-refractivity contribution >= 4 is 11.9 Å². The fraction of sp³-hybridized carbons (Fsp3) is 0.556. The lowest BCUT2D eigenvalue weighted by Crippen LogP contribution is -2.11. The monoisotopic (exact) mass is 186 g/mol. The zero-order valence-corrected chi connectivity index (χ0v) is 8.03. The summed E-state index contributed by atoms with van der Waals surface area (Å²) in [4.78, 5) is 21.2. The second kappa shape index (κ2) is 5.35. The van der Waals surface area contributed by atoms with Crippen LogP contribution in [0.1, 0.15) is 20.8 Å². The van der Waals surface area contributed by atoms with Gasteiger partial charge in [0.2, 0.25) is 0 Å². The van der Waals surface area contributed by atoms with Gasteiger partial charge in [-0.3, -0.25) is 0 Å². The molecule has 0 aliphatic rings. The standard InChI is InChI=1S/C9H14O4/c1-6(2)5-13-9(12)7(3)4-8(10)11/h4,6H,5H2,1-3H3,(H,10,11)/b7-4+. The van der Waals surface area contributed by atoms with Crippen LogP contribution in [0.2, 0.25) is 0 Å². The van der Waals surface area contributed by atoms with Crippen molar-refractivity contribution in [2.45, 2.75) is 20.8 Å². The molecule has 0 aromatic heterocycles. The molecule has 0 unspecified atom stereocenters. The predicted molar refractivity (Wildman–Crippen MR) is 47.2 cm³/mol. The Kier molecular flexibility index (Phi) is 4.80. The van der Waals surface area contributed by atoms with Crippen molar-refractivity contribution in [3.8, 4) is 0 Å². The van der Waals surface area contributed by atoms with E-state index in [-0.39, 0.29) is 11.5 Å². The average Bonchev–Trinajstić information content (AvgIpc) is 1.98. The molecular formula is C9H14O4. The van der Waals surface area contributed by atoms with Crippen molar-refractivity contribution in [1.29, 1.82) is 0 Å². The van der Waals surface area contributed by atoms with E-state index in [4.69, 9.17) is 9.84 Å². The van der Waals surface area contributed by atoms with Gasteiger partial charge < -0.3 is 9.84 Å². The second-order valence-corrected chi connectivity index (χ2v) is 3.16. The molecule has 4 heteroatoms. The summed E-state index contributed by atoms with van der Waals surface area (Å²) in [6.07, 6.45) is 0.836. The number of hydrogen-bond acceptors (Lipinski definition) is 3. The molecule has 0 aliphatic carbocycles. The molecule has 0 bridgehead atoms. The SMILES string of the molecule is C/C(=C\C(=O)O)C(=O)OCC(C)C. The first kappa shape index (κ1) is 11.7. The largest absolute Gasteiger partial charge is 0.478 e. The summed E-state index contributed by atoms with van der Waals surface area (Å²) >= 11 is 0. The topological polar surface area (TPSA) is 63.6 Å².